The van der Waals surface area contributed by atoms with Gasteiger partial charge in [0.1, 0.15) is 12.2 Å². The smallest absolute Gasteiger partial charge is 0.341 e. The van der Waals surface area contributed by atoms with Crippen LogP contribution in [0.3, 0.4) is 0 Å². The lowest BCUT2D eigenvalue weighted by molar-refractivity contribution is 0.0595. The fourth-order valence-electron chi connectivity index (χ4n) is 2.32. The molecule has 1 N–H and O–H groups in total. The van der Waals surface area contributed by atoms with Crippen LogP contribution in [0.25, 0.3) is 0 Å². The molecule has 0 aliphatic carbocycles. The lowest BCUT2D eigenvalue weighted by Crippen LogP contribution is -2.33. The average molecular weight is 273 g/mol. The van der Waals surface area contributed by atoms with Crippen LogP contribution in [-0.4, -0.2) is 36.2 Å². The number of imidazole rings is 1. The quantitative estimate of drug-likeness (QED) is 0.860. The third-order valence-electron chi connectivity index (χ3n) is 3.26. The van der Waals surface area contributed by atoms with Crippen LogP contribution in [0.1, 0.15) is 16.1 Å². The highest BCUT2D eigenvalue weighted by atomic mass is 16.5. The number of aromatic nitrogens is 2. The molecule has 6 nitrogen and oxygen atoms in total. The molecule has 1 aromatic heterocycles. The van der Waals surface area contributed by atoms with Crippen molar-refractivity contribution in [2.45, 2.75) is 6.54 Å². The summed E-state index contributed by atoms with van der Waals surface area (Å²) in [5.74, 6) is 0.204. The monoisotopic (exact) mass is 273 g/mol. The lowest BCUT2D eigenvalue weighted by Gasteiger charge is -2.31. The minimum atomic E-state index is -0.384. The van der Waals surface area contributed by atoms with Gasteiger partial charge in [-0.1, -0.05) is 6.07 Å². The number of nitrogens with zero attached hydrogens (tertiary/aromatic N) is 2. The molecule has 6 heteroatoms. The summed E-state index contributed by atoms with van der Waals surface area (Å²) in [4.78, 5) is 21.0. The molecule has 20 heavy (non-hydrogen) atoms. The van der Waals surface area contributed by atoms with Crippen molar-refractivity contribution < 1.29 is 14.3 Å². The van der Waals surface area contributed by atoms with E-state index in [0.29, 0.717) is 24.5 Å². The zero-order chi connectivity index (χ0) is 13.9. The summed E-state index contributed by atoms with van der Waals surface area (Å²) in [7, 11) is 1.37. The van der Waals surface area contributed by atoms with E-state index in [-0.39, 0.29) is 5.97 Å². The molecule has 0 radical (unpaired) electrons. The van der Waals surface area contributed by atoms with E-state index in [2.05, 4.69) is 14.9 Å². The summed E-state index contributed by atoms with van der Waals surface area (Å²) in [6, 6.07) is 5.49. The molecular formula is C14H15N3O3. The summed E-state index contributed by atoms with van der Waals surface area (Å²) in [5.41, 5.74) is 2.37. The van der Waals surface area contributed by atoms with Gasteiger partial charge in [0.15, 0.2) is 5.75 Å². The van der Waals surface area contributed by atoms with Crippen LogP contribution in [0.2, 0.25) is 0 Å². The van der Waals surface area contributed by atoms with Gasteiger partial charge in [0.2, 0.25) is 0 Å². The molecule has 2 aromatic rings. The number of hydrogen-bond acceptors (Lipinski definition) is 5. The van der Waals surface area contributed by atoms with Gasteiger partial charge < -0.3 is 19.4 Å². The number of H-pyrrole nitrogens is 1. The summed E-state index contributed by atoms with van der Waals surface area (Å²) >= 11 is 0. The van der Waals surface area contributed by atoms with E-state index in [9.17, 15) is 4.79 Å². The Morgan fingerprint density at radius 1 is 1.55 bits per heavy atom. The first-order valence-electron chi connectivity index (χ1n) is 6.36. The van der Waals surface area contributed by atoms with Crippen molar-refractivity contribution in [1.29, 1.82) is 0 Å². The zero-order valence-corrected chi connectivity index (χ0v) is 11.1. The first-order valence-corrected chi connectivity index (χ1v) is 6.36. The first-order chi connectivity index (χ1) is 9.79. The molecule has 0 saturated heterocycles. The predicted octanol–water partition coefficient (Wildman–Crippen LogP) is 1.60. The highest BCUT2D eigenvalue weighted by Gasteiger charge is 2.24. The van der Waals surface area contributed by atoms with Gasteiger partial charge >= 0.3 is 5.97 Å². The van der Waals surface area contributed by atoms with Gasteiger partial charge in [-0.2, -0.15) is 0 Å². The number of nitrogens with one attached hydrogen (secondary N) is 1. The Morgan fingerprint density at radius 3 is 3.20 bits per heavy atom. The molecule has 0 fully saturated rings. The standard InChI is InChI=1S/C14H15N3O3/c1-19-14(18)11-3-2-4-12-13(11)20-6-5-17(12)8-10-7-15-9-16-10/h2-4,7,9H,5-6,8H2,1H3,(H,15,16). The number of rotatable bonds is 3. The number of para-hydroxylation sites is 1. The first kappa shape index (κ1) is 12.5. The van der Waals surface area contributed by atoms with Crippen LogP contribution in [-0.2, 0) is 11.3 Å². The molecule has 104 valence electrons. The number of carbonyl (C=O) groups excluding carboxylic acids is 1. The van der Waals surface area contributed by atoms with Gasteiger partial charge in [0.25, 0.3) is 0 Å². The van der Waals surface area contributed by atoms with Crippen molar-refractivity contribution in [3.63, 3.8) is 0 Å². The van der Waals surface area contributed by atoms with Crippen LogP contribution in [0.5, 0.6) is 5.75 Å². The molecule has 0 atom stereocenters. The van der Waals surface area contributed by atoms with Gasteiger partial charge in [0.05, 0.1) is 37.9 Å². The van der Waals surface area contributed by atoms with E-state index < -0.39 is 0 Å². The molecule has 0 bridgehead atoms. The zero-order valence-electron chi connectivity index (χ0n) is 11.1. The molecule has 3 rings (SSSR count). The largest absolute Gasteiger partial charge is 0.489 e. The minimum absolute atomic E-state index is 0.384. The Balaban J connectivity index is 1.94. The van der Waals surface area contributed by atoms with Gasteiger partial charge in [-0.05, 0) is 12.1 Å². The van der Waals surface area contributed by atoms with Crippen LogP contribution in [0.4, 0.5) is 5.69 Å². The molecule has 1 aliphatic rings. The lowest BCUT2D eigenvalue weighted by atomic mass is 10.1. The van der Waals surface area contributed by atoms with Gasteiger partial charge in [-0.15, -0.1) is 0 Å². The molecule has 0 spiro atoms. The highest BCUT2D eigenvalue weighted by Crippen LogP contribution is 2.35. The summed E-state index contributed by atoms with van der Waals surface area (Å²) in [6.07, 6.45) is 3.45. The molecule has 0 amide bonds. The Morgan fingerprint density at radius 2 is 2.45 bits per heavy atom. The third-order valence-corrected chi connectivity index (χ3v) is 3.26. The number of ether oxygens (including phenoxy) is 2. The van der Waals surface area contributed by atoms with Gasteiger partial charge in [-0.25, -0.2) is 9.78 Å². The van der Waals surface area contributed by atoms with Crippen LogP contribution in [0.15, 0.2) is 30.7 Å². The number of esters is 1. The second-order valence-electron chi connectivity index (χ2n) is 4.49. The van der Waals surface area contributed by atoms with E-state index in [0.717, 1.165) is 17.9 Å². The van der Waals surface area contributed by atoms with Gasteiger partial charge in [-0.3, -0.25) is 0 Å². The average Bonchev–Trinajstić information content (AvgIpc) is 2.99. The Kier molecular flexibility index (Phi) is 3.28. The number of fused-ring (bicyclic) bond motifs is 1. The number of hydrogen-bond donors (Lipinski definition) is 1. The third kappa shape index (κ3) is 2.20. The Labute approximate surface area is 116 Å². The summed E-state index contributed by atoms with van der Waals surface area (Å²) in [6.45, 7) is 1.99. The van der Waals surface area contributed by atoms with E-state index in [1.165, 1.54) is 7.11 Å². The second kappa shape index (κ2) is 5.24. The van der Waals surface area contributed by atoms with Crippen molar-refractivity contribution in [3.05, 3.63) is 42.0 Å². The maximum Gasteiger partial charge on any atom is 0.341 e. The molecule has 2 heterocycles. The summed E-state index contributed by atoms with van der Waals surface area (Å²) < 4.78 is 10.4. The van der Waals surface area contributed by atoms with Gasteiger partial charge in [0, 0.05) is 6.20 Å². The predicted molar refractivity (Wildman–Crippen MR) is 72.9 cm³/mol. The van der Waals surface area contributed by atoms with Crippen molar-refractivity contribution in [1.82, 2.24) is 9.97 Å². The minimum Gasteiger partial charge on any atom is -0.489 e. The number of anilines is 1. The van der Waals surface area contributed by atoms with Crippen LogP contribution in [0, 0.1) is 0 Å². The molecule has 1 aliphatic heterocycles. The fourth-order valence-corrected chi connectivity index (χ4v) is 2.32. The topological polar surface area (TPSA) is 67.5 Å². The summed E-state index contributed by atoms with van der Waals surface area (Å²) in [5, 5.41) is 0. The normalized spacial score (nSPS) is 13.6. The number of benzene rings is 1. The van der Waals surface area contributed by atoms with Crippen molar-refractivity contribution in [2.24, 2.45) is 0 Å². The van der Waals surface area contributed by atoms with E-state index in [1.54, 1.807) is 18.6 Å². The van der Waals surface area contributed by atoms with Crippen molar-refractivity contribution in [3.8, 4) is 5.75 Å². The SMILES string of the molecule is COC(=O)c1cccc2c1OCCN2Cc1cnc[nH]1. The van der Waals surface area contributed by atoms with E-state index >= 15 is 0 Å². The number of methoxy groups -OCH3 is 1. The molecular weight excluding hydrogens is 258 g/mol. The van der Waals surface area contributed by atoms with E-state index in [4.69, 9.17) is 9.47 Å². The Bertz CT molecular complexity index is 610. The number of carbonyl (C=O) groups is 1. The van der Waals surface area contributed by atoms with Crippen molar-refractivity contribution in [2.75, 3.05) is 25.2 Å². The molecule has 1 aromatic carbocycles. The maximum atomic E-state index is 11.8. The van der Waals surface area contributed by atoms with Crippen molar-refractivity contribution >= 4 is 11.7 Å². The highest BCUT2D eigenvalue weighted by molar-refractivity contribution is 5.95. The second-order valence-corrected chi connectivity index (χ2v) is 4.49. The Hall–Kier alpha value is -2.50. The molecule has 0 saturated carbocycles. The maximum absolute atomic E-state index is 11.8. The number of aromatic amines is 1. The van der Waals surface area contributed by atoms with E-state index in [1.807, 2.05) is 12.1 Å². The molecule has 0 unspecified atom stereocenters. The van der Waals surface area contributed by atoms with Crippen LogP contribution >= 0.6 is 0 Å². The fraction of sp³-hybridized carbons (Fsp3) is 0.286. The van der Waals surface area contributed by atoms with Crippen LogP contribution < -0.4 is 9.64 Å².